The van der Waals surface area contributed by atoms with Gasteiger partial charge in [0.2, 0.25) is 0 Å². The van der Waals surface area contributed by atoms with E-state index >= 15 is 0 Å². The molecule has 0 fully saturated rings. The summed E-state index contributed by atoms with van der Waals surface area (Å²) in [6, 6.07) is 7.55. The molecule has 0 saturated carbocycles. The molecule has 0 saturated heterocycles. The third-order valence-corrected chi connectivity index (χ3v) is 3.68. The summed E-state index contributed by atoms with van der Waals surface area (Å²) in [5, 5.41) is 0. The second-order valence-corrected chi connectivity index (χ2v) is 4.72. The van der Waals surface area contributed by atoms with E-state index in [-0.39, 0.29) is 0 Å². The minimum atomic E-state index is 0.658. The molecule has 0 aromatic heterocycles. The molecule has 16 heavy (non-hydrogen) atoms. The van der Waals surface area contributed by atoms with Gasteiger partial charge in [-0.1, -0.05) is 19.1 Å². The first-order chi connectivity index (χ1) is 7.76. The Labute approximate surface area is 98.4 Å². The lowest BCUT2D eigenvalue weighted by molar-refractivity contribution is 0.584. The topological polar surface area (TPSA) is 29.3 Å². The third kappa shape index (κ3) is 2.07. The lowest BCUT2D eigenvalue weighted by Crippen LogP contribution is -2.28. The Balaban J connectivity index is 2.14. The van der Waals surface area contributed by atoms with Crippen molar-refractivity contribution >= 4 is 5.69 Å². The Morgan fingerprint density at radius 1 is 1.44 bits per heavy atom. The highest BCUT2D eigenvalue weighted by atomic mass is 15.2. The minimum Gasteiger partial charge on any atom is -0.371 e. The summed E-state index contributed by atoms with van der Waals surface area (Å²) >= 11 is 0. The molecule has 0 amide bonds. The van der Waals surface area contributed by atoms with Gasteiger partial charge in [-0.2, -0.15) is 0 Å². The molecule has 2 N–H and O–H groups in total. The van der Waals surface area contributed by atoms with Crippen molar-refractivity contribution in [3.05, 3.63) is 29.3 Å². The number of benzene rings is 1. The van der Waals surface area contributed by atoms with Crippen molar-refractivity contribution in [3.8, 4) is 0 Å². The van der Waals surface area contributed by atoms with Crippen LogP contribution in [0.5, 0.6) is 0 Å². The van der Waals surface area contributed by atoms with Crippen LogP contribution in [0.25, 0.3) is 0 Å². The largest absolute Gasteiger partial charge is 0.371 e. The maximum atomic E-state index is 5.58. The smallest absolute Gasteiger partial charge is 0.0399 e. The molecule has 1 unspecified atom stereocenters. The highest BCUT2D eigenvalue weighted by molar-refractivity contribution is 5.59. The van der Waals surface area contributed by atoms with E-state index in [2.05, 4.69) is 37.1 Å². The van der Waals surface area contributed by atoms with Gasteiger partial charge < -0.3 is 10.6 Å². The first kappa shape index (κ1) is 11.5. The quantitative estimate of drug-likeness (QED) is 0.840. The van der Waals surface area contributed by atoms with Crippen molar-refractivity contribution in [1.29, 1.82) is 0 Å². The van der Waals surface area contributed by atoms with E-state index in [4.69, 9.17) is 5.73 Å². The number of fused-ring (bicyclic) bond motifs is 1. The summed E-state index contributed by atoms with van der Waals surface area (Å²) < 4.78 is 0. The molecule has 1 aliphatic rings. The number of hydrogen-bond donors (Lipinski definition) is 1. The van der Waals surface area contributed by atoms with Gasteiger partial charge in [-0.25, -0.2) is 0 Å². The zero-order chi connectivity index (χ0) is 11.5. The van der Waals surface area contributed by atoms with Gasteiger partial charge in [0.1, 0.15) is 0 Å². The second kappa shape index (κ2) is 4.88. The molecule has 1 aliphatic heterocycles. The SMILES string of the molecule is CCc1ccc2c(c1)CC(CCCN)N2C. The molecular weight excluding hydrogens is 196 g/mol. The Morgan fingerprint density at radius 2 is 2.25 bits per heavy atom. The van der Waals surface area contributed by atoms with E-state index in [1.54, 1.807) is 0 Å². The molecule has 2 heteroatoms. The van der Waals surface area contributed by atoms with Gasteiger partial charge in [0.15, 0.2) is 0 Å². The molecule has 0 aliphatic carbocycles. The van der Waals surface area contributed by atoms with Crippen LogP contribution in [0.15, 0.2) is 18.2 Å². The van der Waals surface area contributed by atoms with Crippen LogP contribution in [0.4, 0.5) is 5.69 Å². The summed E-state index contributed by atoms with van der Waals surface area (Å²) in [6.07, 6.45) is 4.66. The summed E-state index contributed by atoms with van der Waals surface area (Å²) in [7, 11) is 2.21. The van der Waals surface area contributed by atoms with Gasteiger partial charge >= 0.3 is 0 Å². The van der Waals surface area contributed by atoms with Gasteiger partial charge in [-0.05, 0) is 49.4 Å². The second-order valence-electron chi connectivity index (χ2n) is 4.72. The monoisotopic (exact) mass is 218 g/mol. The van der Waals surface area contributed by atoms with Crippen LogP contribution in [0.3, 0.4) is 0 Å². The van der Waals surface area contributed by atoms with Crippen molar-refractivity contribution in [3.63, 3.8) is 0 Å². The fourth-order valence-electron chi connectivity index (χ4n) is 2.60. The van der Waals surface area contributed by atoms with Crippen LogP contribution in [0.1, 0.15) is 30.9 Å². The predicted octanol–water partition coefficient (Wildman–Crippen LogP) is 2.35. The molecule has 0 bridgehead atoms. The number of aryl methyl sites for hydroxylation is 1. The lowest BCUT2D eigenvalue weighted by Gasteiger charge is -2.22. The molecule has 1 aromatic rings. The van der Waals surface area contributed by atoms with E-state index in [1.807, 2.05) is 0 Å². The highest BCUT2D eigenvalue weighted by Gasteiger charge is 2.25. The molecule has 1 heterocycles. The zero-order valence-electron chi connectivity index (χ0n) is 10.4. The average molecular weight is 218 g/mol. The number of rotatable bonds is 4. The summed E-state index contributed by atoms with van der Waals surface area (Å²) in [6.45, 7) is 3.02. The lowest BCUT2D eigenvalue weighted by atomic mass is 10.0. The minimum absolute atomic E-state index is 0.658. The van der Waals surface area contributed by atoms with Gasteiger partial charge in [0.05, 0.1) is 0 Å². The Morgan fingerprint density at radius 3 is 2.94 bits per heavy atom. The first-order valence-corrected chi connectivity index (χ1v) is 6.31. The van der Waals surface area contributed by atoms with E-state index in [0.717, 1.165) is 19.4 Å². The van der Waals surface area contributed by atoms with Crippen LogP contribution in [0, 0.1) is 0 Å². The van der Waals surface area contributed by atoms with Crippen molar-refractivity contribution in [2.24, 2.45) is 5.73 Å². The predicted molar refractivity (Wildman–Crippen MR) is 70.0 cm³/mol. The molecule has 1 atom stereocenters. The highest BCUT2D eigenvalue weighted by Crippen LogP contribution is 2.33. The van der Waals surface area contributed by atoms with Gasteiger partial charge in [-0.3, -0.25) is 0 Å². The number of nitrogens with zero attached hydrogens (tertiary/aromatic N) is 1. The fraction of sp³-hybridized carbons (Fsp3) is 0.571. The Bertz CT molecular complexity index is 360. The fourth-order valence-corrected chi connectivity index (χ4v) is 2.60. The Kier molecular flexibility index (Phi) is 3.49. The van der Waals surface area contributed by atoms with E-state index < -0.39 is 0 Å². The maximum absolute atomic E-state index is 5.58. The first-order valence-electron chi connectivity index (χ1n) is 6.31. The van der Waals surface area contributed by atoms with Crippen LogP contribution in [-0.4, -0.2) is 19.6 Å². The van der Waals surface area contributed by atoms with E-state index in [1.165, 1.54) is 29.7 Å². The maximum Gasteiger partial charge on any atom is 0.0399 e. The third-order valence-electron chi connectivity index (χ3n) is 3.68. The van der Waals surface area contributed by atoms with Crippen molar-refractivity contribution in [2.45, 2.75) is 38.6 Å². The van der Waals surface area contributed by atoms with Gasteiger partial charge in [0, 0.05) is 18.8 Å². The summed E-state index contributed by atoms with van der Waals surface area (Å²) in [5.41, 5.74) is 9.97. The number of anilines is 1. The standard InChI is InChI=1S/C14H22N2/c1-3-11-6-7-14-12(9-11)10-13(16(14)2)5-4-8-15/h6-7,9,13H,3-5,8,10,15H2,1-2H3. The van der Waals surface area contributed by atoms with E-state index in [0.29, 0.717) is 6.04 Å². The summed E-state index contributed by atoms with van der Waals surface area (Å²) in [4.78, 5) is 2.42. The molecule has 2 nitrogen and oxygen atoms in total. The average Bonchev–Trinajstić information content (AvgIpc) is 2.63. The Hall–Kier alpha value is -1.02. The van der Waals surface area contributed by atoms with Gasteiger partial charge in [-0.15, -0.1) is 0 Å². The van der Waals surface area contributed by atoms with Crippen molar-refractivity contribution in [2.75, 3.05) is 18.5 Å². The van der Waals surface area contributed by atoms with Crippen LogP contribution < -0.4 is 10.6 Å². The normalized spacial score (nSPS) is 18.9. The number of hydrogen-bond acceptors (Lipinski definition) is 2. The van der Waals surface area contributed by atoms with Crippen LogP contribution in [0.2, 0.25) is 0 Å². The molecule has 0 spiro atoms. The molecule has 0 radical (unpaired) electrons. The number of nitrogens with two attached hydrogens (primary N) is 1. The molecule has 88 valence electrons. The van der Waals surface area contributed by atoms with Crippen molar-refractivity contribution in [1.82, 2.24) is 0 Å². The summed E-state index contributed by atoms with van der Waals surface area (Å²) in [5.74, 6) is 0. The molecule has 2 rings (SSSR count). The number of likely N-dealkylation sites (N-methyl/N-ethyl adjacent to an activating group) is 1. The van der Waals surface area contributed by atoms with Crippen molar-refractivity contribution < 1.29 is 0 Å². The van der Waals surface area contributed by atoms with Crippen LogP contribution in [-0.2, 0) is 12.8 Å². The zero-order valence-corrected chi connectivity index (χ0v) is 10.4. The van der Waals surface area contributed by atoms with Crippen LogP contribution >= 0.6 is 0 Å². The van der Waals surface area contributed by atoms with Gasteiger partial charge in [0.25, 0.3) is 0 Å². The van der Waals surface area contributed by atoms with E-state index in [9.17, 15) is 0 Å². The molecule has 1 aromatic carbocycles. The molecular formula is C14H22N2.